The van der Waals surface area contributed by atoms with Crippen LogP contribution in [-0.2, 0) is 0 Å². The van der Waals surface area contributed by atoms with E-state index >= 15 is 0 Å². The van der Waals surface area contributed by atoms with Gasteiger partial charge in [0.05, 0.1) is 12.4 Å². The summed E-state index contributed by atoms with van der Waals surface area (Å²) in [5, 5.41) is 14.3. The molecule has 1 aliphatic heterocycles. The molecule has 1 saturated heterocycles. The number of hydrogen-bond acceptors (Lipinski definition) is 5. The van der Waals surface area contributed by atoms with E-state index < -0.39 is 0 Å². The third-order valence-corrected chi connectivity index (χ3v) is 4.61. The number of rotatable bonds is 3. The van der Waals surface area contributed by atoms with Crippen LogP contribution in [0, 0.1) is 5.41 Å². The molecule has 0 spiro atoms. The van der Waals surface area contributed by atoms with Crippen LogP contribution in [-0.4, -0.2) is 43.8 Å². The largest absolute Gasteiger partial charge is 0.355 e. The lowest BCUT2D eigenvalue weighted by atomic mass is 9.84. The van der Waals surface area contributed by atoms with Crippen LogP contribution >= 0.6 is 0 Å². The molecule has 0 aromatic carbocycles. The molecule has 0 aliphatic carbocycles. The van der Waals surface area contributed by atoms with E-state index in [1.807, 2.05) is 0 Å². The normalized spacial score (nSPS) is 17.0. The van der Waals surface area contributed by atoms with Crippen molar-refractivity contribution in [2.24, 2.45) is 5.41 Å². The molecule has 0 radical (unpaired) electrons. The Bertz CT molecular complexity index is 911. The summed E-state index contributed by atoms with van der Waals surface area (Å²) in [6.07, 6.45) is 8.91. The van der Waals surface area contributed by atoms with Gasteiger partial charge in [-0.1, -0.05) is 13.8 Å². The van der Waals surface area contributed by atoms with Crippen molar-refractivity contribution in [2.45, 2.75) is 26.7 Å². The second-order valence-electron chi connectivity index (χ2n) is 7.22. The molecule has 8 nitrogen and oxygen atoms in total. The minimum absolute atomic E-state index is 0.243. The van der Waals surface area contributed by atoms with Gasteiger partial charge in [-0.2, -0.15) is 10.2 Å². The fourth-order valence-electron chi connectivity index (χ4n) is 3.40. The molecule has 0 saturated carbocycles. The van der Waals surface area contributed by atoms with E-state index in [0.29, 0.717) is 16.9 Å². The zero-order chi connectivity index (χ0) is 17.4. The zero-order valence-corrected chi connectivity index (χ0v) is 14.4. The van der Waals surface area contributed by atoms with Gasteiger partial charge in [0.25, 0.3) is 5.91 Å². The Hall–Kier alpha value is -2.90. The first-order valence-electron chi connectivity index (χ1n) is 8.41. The van der Waals surface area contributed by atoms with Crippen LogP contribution in [0.5, 0.6) is 0 Å². The summed E-state index contributed by atoms with van der Waals surface area (Å²) in [5.41, 5.74) is 1.89. The average molecular weight is 339 g/mol. The number of hydrogen-bond donors (Lipinski definition) is 2. The molecule has 25 heavy (non-hydrogen) atoms. The topological polar surface area (TPSA) is 91.2 Å². The molecule has 1 aliphatic rings. The first-order valence-corrected chi connectivity index (χ1v) is 8.41. The molecular weight excluding hydrogens is 318 g/mol. The van der Waals surface area contributed by atoms with E-state index in [1.165, 1.54) is 12.6 Å². The highest BCUT2D eigenvalue weighted by atomic mass is 16.1. The van der Waals surface area contributed by atoms with E-state index in [4.69, 9.17) is 0 Å². The molecule has 130 valence electrons. The third kappa shape index (κ3) is 2.95. The number of fused-ring (bicyclic) bond motifs is 1. The maximum atomic E-state index is 12.7. The summed E-state index contributed by atoms with van der Waals surface area (Å²) in [6.45, 7) is 6.40. The van der Waals surface area contributed by atoms with E-state index in [-0.39, 0.29) is 11.3 Å². The first-order chi connectivity index (χ1) is 12.0. The lowest BCUT2D eigenvalue weighted by Crippen LogP contribution is -2.40. The maximum absolute atomic E-state index is 12.7. The summed E-state index contributed by atoms with van der Waals surface area (Å²) in [5.74, 6) is 0.609. The van der Waals surface area contributed by atoms with Gasteiger partial charge in [0, 0.05) is 25.5 Å². The van der Waals surface area contributed by atoms with E-state index in [9.17, 15) is 4.79 Å². The number of H-pyrrole nitrogens is 1. The van der Waals surface area contributed by atoms with Gasteiger partial charge >= 0.3 is 0 Å². The Morgan fingerprint density at radius 1 is 1.36 bits per heavy atom. The Kier molecular flexibility index (Phi) is 3.67. The smallest absolute Gasteiger partial charge is 0.261 e. The van der Waals surface area contributed by atoms with Crippen LogP contribution in [0.2, 0.25) is 0 Å². The van der Waals surface area contributed by atoms with Crippen molar-refractivity contribution in [1.82, 2.24) is 24.8 Å². The van der Waals surface area contributed by atoms with E-state index in [2.05, 4.69) is 44.3 Å². The second-order valence-corrected chi connectivity index (χ2v) is 7.22. The number of nitrogens with zero attached hydrogens (tertiary/aromatic N) is 5. The van der Waals surface area contributed by atoms with Gasteiger partial charge in [-0.15, -0.1) is 0 Å². The van der Waals surface area contributed by atoms with Crippen LogP contribution in [0.25, 0.3) is 5.65 Å². The molecule has 4 rings (SSSR count). The number of carbonyl (C=O) groups is 1. The van der Waals surface area contributed by atoms with Gasteiger partial charge in [-0.3, -0.25) is 9.89 Å². The summed E-state index contributed by atoms with van der Waals surface area (Å²) in [7, 11) is 0. The lowest BCUT2D eigenvalue weighted by molar-refractivity contribution is 0.102. The molecule has 0 unspecified atom stereocenters. The van der Waals surface area contributed by atoms with Crippen molar-refractivity contribution in [3.8, 4) is 0 Å². The zero-order valence-electron chi connectivity index (χ0n) is 14.4. The Balaban J connectivity index is 1.58. The predicted molar refractivity (Wildman–Crippen MR) is 94.8 cm³/mol. The van der Waals surface area contributed by atoms with Gasteiger partial charge in [-0.25, -0.2) is 9.50 Å². The van der Waals surface area contributed by atoms with Crippen molar-refractivity contribution in [2.75, 3.05) is 23.3 Å². The van der Waals surface area contributed by atoms with Crippen molar-refractivity contribution >= 4 is 23.1 Å². The fraction of sp³-hybridized carbons (Fsp3) is 0.412. The fourth-order valence-corrected chi connectivity index (χ4v) is 3.40. The minimum Gasteiger partial charge on any atom is -0.355 e. The molecule has 0 atom stereocenters. The highest BCUT2D eigenvalue weighted by molar-refractivity contribution is 6.09. The summed E-state index contributed by atoms with van der Waals surface area (Å²) in [4.78, 5) is 19.2. The summed E-state index contributed by atoms with van der Waals surface area (Å²) in [6, 6.07) is 1.77. The molecule has 3 aromatic heterocycles. The number of nitrogens with one attached hydrogen (secondary N) is 2. The highest BCUT2D eigenvalue weighted by Crippen LogP contribution is 2.33. The molecule has 3 aromatic rings. The van der Waals surface area contributed by atoms with Crippen molar-refractivity contribution in [1.29, 1.82) is 0 Å². The van der Waals surface area contributed by atoms with Gasteiger partial charge in [-0.05, 0) is 24.3 Å². The Labute approximate surface area is 145 Å². The quantitative estimate of drug-likeness (QED) is 0.764. The number of piperidine rings is 1. The maximum Gasteiger partial charge on any atom is 0.261 e. The van der Waals surface area contributed by atoms with E-state index in [1.54, 1.807) is 29.2 Å². The highest BCUT2D eigenvalue weighted by Gasteiger charge is 2.29. The molecule has 4 heterocycles. The predicted octanol–water partition coefficient (Wildman–Crippen LogP) is 2.33. The number of aromatic nitrogens is 5. The second kappa shape index (κ2) is 5.87. The molecule has 8 heteroatoms. The monoisotopic (exact) mass is 339 g/mol. The van der Waals surface area contributed by atoms with Gasteiger partial charge < -0.3 is 10.2 Å². The van der Waals surface area contributed by atoms with Crippen LogP contribution in [0.3, 0.4) is 0 Å². The Morgan fingerprint density at radius 3 is 3.08 bits per heavy atom. The SMILES string of the molecule is CC1(C)CCCN(c2[nH]ncc2NC(=O)c2cnn3cccnc23)C1. The van der Waals surface area contributed by atoms with Crippen LogP contribution in [0.4, 0.5) is 11.5 Å². The Morgan fingerprint density at radius 2 is 2.24 bits per heavy atom. The summed E-state index contributed by atoms with van der Waals surface area (Å²) >= 11 is 0. The van der Waals surface area contributed by atoms with Crippen LogP contribution < -0.4 is 10.2 Å². The van der Waals surface area contributed by atoms with Gasteiger partial charge in [0.15, 0.2) is 5.65 Å². The number of amides is 1. The standard InChI is InChI=1S/C17H21N7O/c1-17(2)5-3-7-23(11-17)15-13(10-19-22-15)21-16(25)12-9-20-24-8-4-6-18-14(12)24/h4,6,8-10H,3,5,7,11H2,1-2H3,(H,19,22)(H,21,25). The van der Waals surface area contributed by atoms with Crippen molar-refractivity contribution in [3.63, 3.8) is 0 Å². The van der Waals surface area contributed by atoms with Crippen LogP contribution in [0.15, 0.2) is 30.9 Å². The van der Waals surface area contributed by atoms with Gasteiger partial charge in [0.1, 0.15) is 17.1 Å². The molecule has 1 amide bonds. The van der Waals surface area contributed by atoms with Gasteiger partial charge in [0.2, 0.25) is 0 Å². The molecule has 0 bridgehead atoms. The lowest BCUT2D eigenvalue weighted by Gasteiger charge is -2.38. The number of aromatic amines is 1. The van der Waals surface area contributed by atoms with Crippen molar-refractivity contribution < 1.29 is 4.79 Å². The third-order valence-electron chi connectivity index (χ3n) is 4.61. The molecule has 1 fully saturated rings. The minimum atomic E-state index is -0.243. The van der Waals surface area contributed by atoms with E-state index in [0.717, 1.165) is 25.3 Å². The average Bonchev–Trinajstić information content (AvgIpc) is 3.20. The molecular formula is C17H21N7O. The molecule has 2 N–H and O–H groups in total. The number of carbonyl (C=O) groups excluding carboxylic acids is 1. The summed E-state index contributed by atoms with van der Waals surface area (Å²) < 4.78 is 1.58. The van der Waals surface area contributed by atoms with Crippen LogP contribution in [0.1, 0.15) is 37.0 Å². The number of anilines is 2. The first kappa shape index (κ1) is 15.6. The van der Waals surface area contributed by atoms with Crippen molar-refractivity contribution in [3.05, 3.63) is 36.4 Å².